The highest BCUT2D eigenvalue weighted by atomic mass is 16.6. The molecule has 0 aliphatic heterocycles. The molecule has 0 bridgehead atoms. The first-order valence-electron chi connectivity index (χ1n) is 9.99. The normalized spacial score (nSPS) is 11.8. The van der Waals surface area contributed by atoms with E-state index >= 15 is 0 Å². The highest BCUT2D eigenvalue weighted by Crippen LogP contribution is 2.29. The van der Waals surface area contributed by atoms with Crippen molar-refractivity contribution in [1.82, 2.24) is 0 Å². The molecular weight excluding hydrogens is 444 g/mol. The Morgan fingerprint density at radius 2 is 1.44 bits per heavy atom. The number of nitro benzene ring substituents is 1. The van der Waals surface area contributed by atoms with Gasteiger partial charge in [0.25, 0.3) is 5.91 Å². The van der Waals surface area contributed by atoms with Crippen LogP contribution in [0, 0.1) is 10.1 Å². The number of carbonyl (C=O) groups excluding carboxylic acids is 4. The van der Waals surface area contributed by atoms with Gasteiger partial charge < -0.3 is 14.8 Å². The molecule has 10 nitrogen and oxygen atoms in total. The van der Waals surface area contributed by atoms with Crippen molar-refractivity contribution in [2.45, 2.75) is 0 Å². The van der Waals surface area contributed by atoms with Crippen LogP contribution in [0.5, 0.6) is 5.75 Å². The molecule has 10 heteroatoms. The molecule has 0 unspecified atom stereocenters. The van der Waals surface area contributed by atoms with E-state index < -0.39 is 30.0 Å². The van der Waals surface area contributed by atoms with Crippen molar-refractivity contribution in [3.63, 3.8) is 0 Å². The van der Waals surface area contributed by atoms with Gasteiger partial charge in [0.05, 0.1) is 4.92 Å². The Morgan fingerprint density at radius 3 is 2.15 bits per heavy atom. The molecule has 3 aromatic rings. The van der Waals surface area contributed by atoms with Gasteiger partial charge in [-0.1, -0.05) is 36.4 Å². The molecular formula is C24H16N2O8. The lowest BCUT2D eigenvalue weighted by atomic mass is 9.84. The summed E-state index contributed by atoms with van der Waals surface area (Å²) in [6, 6.07) is 16.3. The molecule has 0 aromatic heterocycles. The number of esters is 1. The van der Waals surface area contributed by atoms with Crippen LogP contribution in [0.3, 0.4) is 0 Å². The predicted molar refractivity (Wildman–Crippen MR) is 118 cm³/mol. The fourth-order valence-electron chi connectivity index (χ4n) is 3.43. The van der Waals surface area contributed by atoms with Gasteiger partial charge in [-0.15, -0.1) is 0 Å². The standard InChI is InChI=1S/C24H16N2O8/c27-21(12-34-22(28)13-33-20-8-4-3-7-19(20)26(31)32)25-14-9-10-17-18(11-14)24(30)16-6-2-1-5-15(16)23(17)29/h1-11H,12-13H2,(H,25,27). The zero-order chi connectivity index (χ0) is 24.2. The van der Waals surface area contributed by atoms with E-state index in [2.05, 4.69) is 5.32 Å². The monoisotopic (exact) mass is 460 g/mol. The molecule has 0 saturated carbocycles. The van der Waals surface area contributed by atoms with Crippen LogP contribution in [0.25, 0.3) is 0 Å². The number of amides is 1. The number of nitrogens with zero attached hydrogens (tertiary/aromatic N) is 1. The third kappa shape index (κ3) is 4.51. The molecule has 34 heavy (non-hydrogen) atoms. The van der Waals surface area contributed by atoms with Crippen molar-refractivity contribution in [1.29, 1.82) is 0 Å². The lowest BCUT2D eigenvalue weighted by molar-refractivity contribution is -0.385. The summed E-state index contributed by atoms with van der Waals surface area (Å²) < 4.78 is 9.93. The maximum atomic E-state index is 12.8. The number of carbonyl (C=O) groups is 4. The van der Waals surface area contributed by atoms with Crippen molar-refractivity contribution in [2.24, 2.45) is 0 Å². The molecule has 170 valence electrons. The summed E-state index contributed by atoms with van der Waals surface area (Å²) in [6.45, 7) is -1.28. The van der Waals surface area contributed by atoms with Gasteiger partial charge in [0, 0.05) is 34.0 Å². The van der Waals surface area contributed by atoms with Crippen molar-refractivity contribution >= 4 is 34.8 Å². The van der Waals surface area contributed by atoms with Crippen molar-refractivity contribution in [2.75, 3.05) is 18.5 Å². The van der Waals surface area contributed by atoms with E-state index in [4.69, 9.17) is 9.47 Å². The lowest BCUT2D eigenvalue weighted by Crippen LogP contribution is -2.24. The molecule has 1 aliphatic rings. The molecule has 0 heterocycles. The second kappa shape index (κ2) is 9.33. The minimum Gasteiger partial charge on any atom is -0.475 e. The van der Waals surface area contributed by atoms with Crippen LogP contribution in [0.2, 0.25) is 0 Å². The molecule has 1 aliphatic carbocycles. The van der Waals surface area contributed by atoms with E-state index in [9.17, 15) is 29.3 Å². The van der Waals surface area contributed by atoms with Crippen molar-refractivity contribution in [3.05, 3.63) is 99.1 Å². The summed E-state index contributed by atoms with van der Waals surface area (Å²) in [6.07, 6.45) is 0. The second-order valence-electron chi connectivity index (χ2n) is 7.19. The number of rotatable bonds is 7. The van der Waals surface area contributed by atoms with E-state index in [0.29, 0.717) is 5.56 Å². The lowest BCUT2D eigenvalue weighted by Gasteiger charge is -2.18. The molecule has 0 fully saturated rings. The Labute approximate surface area is 192 Å². The van der Waals surface area contributed by atoms with Gasteiger partial charge in [-0.3, -0.25) is 24.5 Å². The number of hydrogen-bond acceptors (Lipinski definition) is 8. The largest absolute Gasteiger partial charge is 0.475 e. The fourth-order valence-corrected chi connectivity index (χ4v) is 3.43. The Kier molecular flexibility index (Phi) is 6.13. The summed E-state index contributed by atoms with van der Waals surface area (Å²) in [4.78, 5) is 59.8. The highest BCUT2D eigenvalue weighted by Gasteiger charge is 2.29. The number of hydrogen-bond donors (Lipinski definition) is 1. The third-order valence-corrected chi connectivity index (χ3v) is 4.98. The molecule has 0 atom stereocenters. The van der Waals surface area contributed by atoms with Crippen LogP contribution in [0.4, 0.5) is 11.4 Å². The summed E-state index contributed by atoms with van der Waals surface area (Å²) in [5, 5.41) is 13.5. The maximum Gasteiger partial charge on any atom is 0.344 e. The first-order chi connectivity index (χ1) is 16.3. The molecule has 1 N–H and O–H groups in total. The number of ether oxygens (including phenoxy) is 2. The third-order valence-electron chi connectivity index (χ3n) is 4.98. The average molecular weight is 460 g/mol. The van der Waals surface area contributed by atoms with Crippen LogP contribution in [-0.4, -0.2) is 41.6 Å². The molecule has 0 spiro atoms. The Bertz CT molecular complexity index is 1350. The highest BCUT2D eigenvalue weighted by molar-refractivity contribution is 6.28. The molecule has 3 aromatic carbocycles. The van der Waals surface area contributed by atoms with Crippen LogP contribution in [0.1, 0.15) is 31.8 Å². The number of ketones is 2. The molecule has 0 radical (unpaired) electrons. The number of anilines is 1. The molecule has 0 saturated heterocycles. The smallest absolute Gasteiger partial charge is 0.344 e. The van der Waals surface area contributed by atoms with E-state index in [1.165, 1.54) is 42.5 Å². The zero-order valence-electron chi connectivity index (χ0n) is 17.5. The summed E-state index contributed by atoms with van der Waals surface area (Å²) >= 11 is 0. The van der Waals surface area contributed by atoms with E-state index in [0.717, 1.165) is 0 Å². The van der Waals surface area contributed by atoms with Gasteiger partial charge in [-0.25, -0.2) is 4.79 Å². The fraction of sp³-hybridized carbons (Fsp3) is 0.0833. The van der Waals surface area contributed by atoms with Crippen LogP contribution < -0.4 is 10.1 Å². The van der Waals surface area contributed by atoms with E-state index in [1.54, 1.807) is 24.3 Å². The Balaban J connectivity index is 1.34. The van der Waals surface area contributed by atoms with Crippen LogP contribution in [-0.2, 0) is 14.3 Å². The van der Waals surface area contributed by atoms with E-state index in [1.807, 2.05) is 0 Å². The zero-order valence-corrected chi connectivity index (χ0v) is 17.5. The van der Waals surface area contributed by atoms with Crippen molar-refractivity contribution in [3.8, 4) is 5.75 Å². The first kappa shape index (κ1) is 22.3. The van der Waals surface area contributed by atoms with Gasteiger partial charge in [-0.2, -0.15) is 0 Å². The molecule has 4 rings (SSSR count). The molecule has 1 amide bonds. The summed E-state index contributed by atoms with van der Waals surface area (Å²) in [7, 11) is 0. The SMILES string of the molecule is O=C(COC(=O)COc1ccccc1[N+](=O)[O-])Nc1ccc2c(c1)C(=O)c1ccccc1C2=O. The Morgan fingerprint density at radius 1 is 0.824 bits per heavy atom. The number of benzene rings is 3. The minimum absolute atomic E-state index is 0.108. The number of fused-ring (bicyclic) bond motifs is 2. The van der Waals surface area contributed by atoms with Gasteiger partial charge >= 0.3 is 11.7 Å². The number of para-hydroxylation sites is 2. The minimum atomic E-state index is -0.906. The predicted octanol–water partition coefficient (Wildman–Crippen LogP) is 2.93. The van der Waals surface area contributed by atoms with E-state index in [-0.39, 0.29) is 45.4 Å². The topological polar surface area (TPSA) is 142 Å². The van der Waals surface area contributed by atoms with Gasteiger partial charge in [0.15, 0.2) is 30.5 Å². The number of nitro groups is 1. The Hall–Kier alpha value is -4.86. The van der Waals surface area contributed by atoms with Gasteiger partial charge in [0.2, 0.25) is 0 Å². The number of nitrogens with one attached hydrogen (secondary N) is 1. The summed E-state index contributed by atoms with van der Waals surface area (Å²) in [5.74, 6) is -2.32. The summed E-state index contributed by atoms with van der Waals surface area (Å²) in [5.41, 5.74) is 0.951. The van der Waals surface area contributed by atoms with Crippen LogP contribution in [0.15, 0.2) is 66.7 Å². The van der Waals surface area contributed by atoms with Gasteiger partial charge in [0.1, 0.15) is 0 Å². The van der Waals surface area contributed by atoms with Gasteiger partial charge in [-0.05, 0) is 24.3 Å². The van der Waals surface area contributed by atoms with Crippen LogP contribution >= 0.6 is 0 Å². The quantitative estimate of drug-likeness (QED) is 0.252. The maximum absolute atomic E-state index is 12.8. The average Bonchev–Trinajstić information content (AvgIpc) is 2.85. The second-order valence-corrected chi connectivity index (χ2v) is 7.19. The first-order valence-corrected chi connectivity index (χ1v) is 9.99. The van der Waals surface area contributed by atoms with Crippen molar-refractivity contribution < 1.29 is 33.6 Å².